The minimum absolute atomic E-state index is 0.195. The number of unbranched alkanes of at least 4 members (excludes halogenated alkanes) is 2. The molecule has 18 heavy (non-hydrogen) atoms. The molecule has 0 aromatic carbocycles. The van der Waals surface area contributed by atoms with Crippen molar-refractivity contribution < 1.29 is 4.79 Å². The molecule has 1 aliphatic rings. The molecule has 0 spiro atoms. The topological polar surface area (TPSA) is 58.4 Å². The molecule has 4 nitrogen and oxygen atoms in total. The Morgan fingerprint density at radius 3 is 2.44 bits per heavy atom. The molecule has 0 radical (unpaired) electrons. The van der Waals surface area contributed by atoms with Gasteiger partial charge in [-0.3, -0.25) is 4.79 Å². The summed E-state index contributed by atoms with van der Waals surface area (Å²) in [6.45, 7) is 1.53. The van der Waals surface area contributed by atoms with Gasteiger partial charge in [0.1, 0.15) is 0 Å². The second-order valence-corrected chi connectivity index (χ2v) is 5.70. The van der Waals surface area contributed by atoms with Crippen LogP contribution in [0.25, 0.3) is 0 Å². The van der Waals surface area contributed by atoms with Gasteiger partial charge in [0.05, 0.1) is 0 Å². The van der Waals surface area contributed by atoms with Gasteiger partial charge in [-0.15, -0.1) is 0 Å². The number of likely N-dealkylation sites (N-methyl/N-ethyl adjacent to an activating group) is 1. The zero-order chi connectivity index (χ0) is 13.4. The average Bonchev–Trinajstić information content (AvgIpc) is 2.82. The molecule has 4 heteroatoms. The molecular formula is C14H29N3O. The molecule has 0 saturated heterocycles. The van der Waals surface area contributed by atoms with Gasteiger partial charge in [0, 0.05) is 18.5 Å². The van der Waals surface area contributed by atoms with Crippen LogP contribution in [0.3, 0.4) is 0 Å². The molecule has 1 amide bonds. The number of carbonyl (C=O) groups excluding carboxylic acids is 1. The molecule has 106 valence electrons. The van der Waals surface area contributed by atoms with Crippen LogP contribution < -0.4 is 11.1 Å². The molecule has 0 aliphatic heterocycles. The Kier molecular flexibility index (Phi) is 6.65. The summed E-state index contributed by atoms with van der Waals surface area (Å²) in [5.41, 5.74) is 5.63. The van der Waals surface area contributed by atoms with Gasteiger partial charge in [-0.05, 0) is 46.3 Å². The molecule has 0 aromatic rings. The highest BCUT2D eigenvalue weighted by molar-refractivity contribution is 5.75. The van der Waals surface area contributed by atoms with Crippen LogP contribution in [0.15, 0.2) is 0 Å². The molecule has 0 bridgehead atoms. The smallest absolute Gasteiger partial charge is 0.220 e. The van der Waals surface area contributed by atoms with E-state index in [0.29, 0.717) is 6.42 Å². The van der Waals surface area contributed by atoms with E-state index in [0.717, 1.165) is 32.4 Å². The maximum Gasteiger partial charge on any atom is 0.220 e. The predicted octanol–water partition coefficient (Wildman–Crippen LogP) is 1.50. The number of rotatable bonds is 8. The van der Waals surface area contributed by atoms with Crippen molar-refractivity contribution in [1.29, 1.82) is 0 Å². The van der Waals surface area contributed by atoms with E-state index in [-0.39, 0.29) is 11.4 Å². The van der Waals surface area contributed by atoms with Crippen LogP contribution >= 0.6 is 0 Å². The standard InChI is InChI=1S/C14H29N3O/c1-17(2)14(9-5-6-10-14)12-16-13(18)8-4-3-7-11-15/h3-12,15H2,1-2H3,(H,16,18). The van der Waals surface area contributed by atoms with Crippen LogP contribution in [0.5, 0.6) is 0 Å². The average molecular weight is 255 g/mol. The van der Waals surface area contributed by atoms with E-state index in [1.807, 2.05) is 0 Å². The summed E-state index contributed by atoms with van der Waals surface area (Å²) in [7, 11) is 4.25. The van der Waals surface area contributed by atoms with Gasteiger partial charge < -0.3 is 16.0 Å². The van der Waals surface area contributed by atoms with Crippen LogP contribution in [0, 0.1) is 0 Å². The Morgan fingerprint density at radius 2 is 1.89 bits per heavy atom. The van der Waals surface area contributed by atoms with E-state index >= 15 is 0 Å². The molecule has 0 unspecified atom stereocenters. The van der Waals surface area contributed by atoms with Crippen molar-refractivity contribution in [2.75, 3.05) is 27.2 Å². The number of hydrogen-bond acceptors (Lipinski definition) is 3. The maximum absolute atomic E-state index is 11.8. The van der Waals surface area contributed by atoms with E-state index < -0.39 is 0 Å². The Balaban J connectivity index is 2.23. The van der Waals surface area contributed by atoms with E-state index in [1.54, 1.807) is 0 Å². The monoisotopic (exact) mass is 255 g/mol. The van der Waals surface area contributed by atoms with Crippen LogP contribution in [0.1, 0.15) is 51.4 Å². The lowest BCUT2D eigenvalue weighted by Crippen LogP contribution is -2.50. The lowest BCUT2D eigenvalue weighted by atomic mass is 9.96. The van der Waals surface area contributed by atoms with Crippen molar-refractivity contribution in [3.63, 3.8) is 0 Å². The number of nitrogens with one attached hydrogen (secondary N) is 1. The summed E-state index contributed by atoms with van der Waals surface area (Å²) in [4.78, 5) is 14.1. The lowest BCUT2D eigenvalue weighted by molar-refractivity contribution is -0.121. The van der Waals surface area contributed by atoms with E-state index in [2.05, 4.69) is 24.3 Å². The normalized spacial score (nSPS) is 18.2. The van der Waals surface area contributed by atoms with Crippen LogP contribution in [-0.2, 0) is 4.79 Å². The highest BCUT2D eigenvalue weighted by atomic mass is 16.1. The molecule has 1 aliphatic carbocycles. The Morgan fingerprint density at radius 1 is 1.22 bits per heavy atom. The summed E-state index contributed by atoms with van der Waals surface area (Å²) in [6, 6.07) is 0. The zero-order valence-electron chi connectivity index (χ0n) is 12.0. The summed E-state index contributed by atoms with van der Waals surface area (Å²) in [6.07, 6.45) is 8.65. The summed E-state index contributed by atoms with van der Waals surface area (Å²) in [5.74, 6) is 0.195. The van der Waals surface area contributed by atoms with Crippen molar-refractivity contribution in [3.05, 3.63) is 0 Å². The lowest BCUT2D eigenvalue weighted by Gasteiger charge is -2.36. The minimum Gasteiger partial charge on any atom is -0.354 e. The number of hydrogen-bond donors (Lipinski definition) is 2. The van der Waals surface area contributed by atoms with Gasteiger partial charge in [0.15, 0.2) is 0 Å². The first-order valence-corrected chi connectivity index (χ1v) is 7.25. The number of nitrogens with two attached hydrogens (primary N) is 1. The van der Waals surface area contributed by atoms with Crippen molar-refractivity contribution in [2.24, 2.45) is 5.73 Å². The molecular weight excluding hydrogens is 226 g/mol. The van der Waals surface area contributed by atoms with Crippen LogP contribution in [0.2, 0.25) is 0 Å². The molecule has 1 saturated carbocycles. The predicted molar refractivity (Wildman–Crippen MR) is 75.4 cm³/mol. The quantitative estimate of drug-likeness (QED) is 0.646. The fourth-order valence-electron chi connectivity index (χ4n) is 2.77. The first-order valence-electron chi connectivity index (χ1n) is 7.25. The summed E-state index contributed by atoms with van der Waals surface area (Å²) < 4.78 is 0. The van der Waals surface area contributed by atoms with Gasteiger partial charge in [0.2, 0.25) is 5.91 Å². The van der Waals surface area contributed by atoms with Crippen molar-refractivity contribution in [3.8, 4) is 0 Å². The molecule has 1 rings (SSSR count). The van der Waals surface area contributed by atoms with Crippen LogP contribution in [-0.4, -0.2) is 43.5 Å². The van der Waals surface area contributed by atoms with Gasteiger partial charge >= 0.3 is 0 Å². The molecule has 0 aromatic heterocycles. The van der Waals surface area contributed by atoms with E-state index in [9.17, 15) is 4.79 Å². The third-order valence-corrected chi connectivity index (χ3v) is 4.21. The first kappa shape index (κ1) is 15.4. The van der Waals surface area contributed by atoms with Gasteiger partial charge in [0.25, 0.3) is 0 Å². The summed E-state index contributed by atoms with van der Waals surface area (Å²) >= 11 is 0. The van der Waals surface area contributed by atoms with E-state index in [1.165, 1.54) is 25.7 Å². The second kappa shape index (κ2) is 7.74. The number of carbonyl (C=O) groups is 1. The molecule has 0 atom stereocenters. The van der Waals surface area contributed by atoms with Crippen LogP contribution in [0.4, 0.5) is 0 Å². The zero-order valence-corrected chi connectivity index (χ0v) is 12.0. The minimum atomic E-state index is 0.195. The van der Waals surface area contributed by atoms with Gasteiger partial charge in [-0.25, -0.2) is 0 Å². The number of amides is 1. The highest BCUT2D eigenvalue weighted by Crippen LogP contribution is 2.33. The second-order valence-electron chi connectivity index (χ2n) is 5.70. The van der Waals surface area contributed by atoms with Crippen molar-refractivity contribution >= 4 is 5.91 Å². The van der Waals surface area contributed by atoms with Crippen molar-refractivity contribution in [1.82, 2.24) is 10.2 Å². The molecule has 3 N–H and O–H groups in total. The Bertz CT molecular complexity index is 247. The Hall–Kier alpha value is -0.610. The highest BCUT2D eigenvalue weighted by Gasteiger charge is 2.35. The molecule has 1 fully saturated rings. The first-order chi connectivity index (χ1) is 8.60. The summed E-state index contributed by atoms with van der Waals surface area (Å²) in [5, 5.41) is 3.11. The Labute approximate surface area is 111 Å². The van der Waals surface area contributed by atoms with E-state index in [4.69, 9.17) is 5.73 Å². The third kappa shape index (κ3) is 4.58. The fourth-order valence-corrected chi connectivity index (χ4v) is 2.77. The molecule has 0 heterocycles. The fraction of sp³-hybridized carbons (Fsp3) is 0.929. The van der Waals surface area contributed by atoms with Crippen molar-refractivity contribution in [2.45, 2.75) is 56.9 Å². The SMILES string of the molecule is CN(C)C1(CNC(=O)CCCCCN)CCCC1. The van der Waals surface area contributed by atoms with Gasteiger partial charge in [-0.2, -0.15) is 0 Å². The van der Waals surface area contributed by atoms with Gasteiger partial charge in [-0.1, -0.05) is 19.3 Å². The largest absolute Gasteiger partial charge is 0.354 e. The third-order valence-electron chi connectivity index (χ3n) is 4.21. The number of nitrogens with zero attached hydrogens (tertiary/aromatic N) is 1. The maximum atomic E-state index is 11.8.